The molecule has 0 saturated carbocycles. The van der Waals surface area contributed by atoms with Gasteiger partial charge in [0, 0.05) is 0 Å². The lowest BCUT2D eigenvalue weighted by Crippen LogP contribution is -2.35. The van der Waals surface area contributed by atoms with Gasteiger partial charge in [-0.25, -0.2) is 0 Å². The van der Waals surface area contributed by atoms with Crippen LogP contribution in [0.1, 0.15) is 33.9 Å². The van der Waals surface area contributed by atoms with Crippen molar-refractivity contribution in [3.05, 3.63) is 107 Å². The molecule has 0 aliphatic heterocycles. The quantitative estimate of drug-likeness (QED) is 0.526. The van der Waals surface area contributed by atoms with E-state index in [9.17, 15) is 36.6 Å². The zero-order chi connectivity index (χ0) is 22.2. The predicted octanol–water partition coefficient (Wildman–Crippen LogP) is 5.69. The van der Waals surface area contributed by atoms with E-state index in [1.165, 1.54) is 12.1 Å². The van der Waals surface area contributed by atoms with E-state index in [1.54, 1.807) is 18.2 Å². The van der Waals surface area contributed by atoms with Gasteiger partial charge in [0.25, 0.3) is 0 Å². The second kappa shape index (κ2) is 7.77. The molecule has 30 heavy (non-hydrogen) atoms. The first-order valence-electron chi connectivity index (χ1n) is 8.75. The van der Waals surface area contributed by atoms with Gasteiger partial charge in [0.1, 0.15) is 11.7 Å². The predicted molar refractivity (Wildman–Crippen MR) is 97.3 cm³/mol. The minimum atomic E-state index is -4.61. The zero-order valence-electron chi connectivity index (χ0n) is 15.2. The molecule has 0 fully saturated rings. The summed E-state index contributed by atoms with van der Waals surface area (Å²) in [5, 5.41) is 22.4. The van der Waals surface area contributed by atoms with Crippen molar-refractivity contribution in [3.8, 4) is 0 Å². The highest BCUT2D eigenvalue weighted by molar-refractivity contribution is 5.43. The maximum absolute atomic E-state index is 12.9. The summed E-state index contributed by atoms with van der Waals surface area (Å²) in [6, 6.07) is 14.7. The molecule has 0 heterocycles. The second-order valence-corrected chi connectivity index (χ2v) is 6.73. The number of aliphatic hydroxyl groups excluding tert-OH is 1. The van der Waals surface area contributed by atoms with Crippen LogP contribution in [0.25, 0.3) is 0 Å². The summed E-state index contributed by atoms with van der Waals surface area (Å²) in [6.07, 6.45) is -10.9. The summed E-state index contributed by atoms with van der Waals surface area (Å²) in [5.74, 6) is 0. The molecule has 1 atom stereocenters. The van der Waals surface area contributed by atoms with Gasteiger partial charge in [-0.1, -0.05) is 54.6 Å². The van der Waals surface area contributed by atoms with Gasteiger partial charge in [-0.3, -0.25) is 0 Å². The third kappa shape index (κ3) is 4.20. The van der Waals surface area contributed by atoms with Gasteiger partial charge in [0.15, 0.2) is 0 Å². The Hall–Kier alpha value is -2.84. The lowest BCUT2D eigenvalue weighted by atomic mass is 9.78. The van der Waals surface area contributed by atoms with Crippen LogP contribution < -0.4 is 0 Å². The number of halogens is 6. The van der Waals surface area contributed by atoms with E-state index < -0.39 is 35.2 Å². The molecule has 3 aromatic carbocycles. The molecule has 0 amide bonds. The Kier molecular flexibility index (Phi) is 5.66. The molecule has 0 aliphatic rings. The van der Waals surface area contributed by atoms with Crippen molar-refractivity contribution in [2.24, 2.45) is 0 Å². The first-order valence-corrected chi connectivity index (χ1v) is 8.75. The van der Waals surface area contributed by atoms with E-state index in [-0.39, 0.29) is 16.7 Å². The van der Waals surface area contributed by atoms with Crippen LogP contribution in [-0.4, -0.2) is 10.2 Å². The Morgan fingerprint density at radius 1 is 0.533 bits per heavy atom. The molecule has 3 aromatic rings. The summed E-state index contributed by atoms with van der Waals surface area (Å²) in [4.78, 5) is 0. The molecule has 158 valence electrons. The SMILES string of the molecule is O[C@@H](c1ccccc1)C(O)(c1ccc(C(F)(F)F)cc1)c1ccc(C(F)(F)F)cc1. The fraction of sp³-hybridized carbons (Fsp3) is 0.182. The molecule has 3 rings (SSSR count). The van der Waals surface area contributed by atoms with Crippen LogP contribution in [-0.2, 0) is 18.0 Å². The van der Waals surface area contributed by atoms with Gasteiger partial charge in [-0.2, -0.15) is 26.3 Å². The standard InChI is InChI=1S/C22H16F6O2/c23-21(24,25)17-10-6-15(7-11-17)20(30,19(29)14-4-2-1-3-5-14)16-8-12-18(13-9-16)22(26,27)28/h1-13,19,29-30H/t19-/m0/s1. The van der Waals surface area contributed by atoms with Crippen molar-refractivity contribution in [1.82, 2.24) is 0 Å². The zero-order valence-corrected chi connectivity index (χ0v) is 15.2. The van der Waals surface area contributed by atoms with Crippen molar-refractivity contribution in [3.63, 3.8) is 0 Å². The van der Waals surface area contributed by atoms with Gasteiger partial charge in [0.05, 0.1) is 11.1 Å². The molecule has 0 aromatic heterocycles. The Labute approximate surface area is 168 Å². The topological polar surface area (TPSA) is 40.5 Å². The fourth-order valence-corrected chi connectivity index (χ4v) is 3.19. The molecule has 2 N–H and O–H groups in total. The number of alkyl halides is 6. The van der Waals surface area contributed by atoms with Crippen LogP contribution in [0.4, 0.5) is 26.3 Å². The Balaban J connectivity index is 2.14. The molecule has 8 heteroatoms. The molecule has 0 saturated heterocycles. The Morgan fingerprint density at radius 3 is 1.20 bits per heavy atom. The Bertz CT molecular complexity index is 920. The maximum atomic E-state index is 12.9. The van der Waals surface area contributed by atoms with E-state index in [2.05, 4.69) is 0 Å². The number of benzene rings is 3. The van der Waals surface area contributed by atoms with Gasteiger partial charge in [-0.15, -0.1) is 0 Å². The van der Waals surface area contributed by atoms with Crippen LogP contribution >= 0.6 is 0 Å². The van der Waals surface area contributed by atoms with Crippen LogP contribution in [0.3, 0.4) is 0 Å². The molecule has 0 spiro atoms. The summed E-state index contributed by atoms with van der Waals surface area (Å²) < 4.78 is 77.4. The highest BCUT2D eigenvalue weighted by atomic mass is 19.4. The Morgan fingerprint density at radius 2 is 0.867 bits per heavy atom. The van der Waals surface area contributed by atoms with Crippen LogP contribution in [0, 0.1) is 0 Å². The third-order valence-corrected chi connectivity index (χ3v) is 4.82. The lowest BCUT2D eigenvalue weighted by molar-refractivity contribution is -0.138. The summed E-state index contributed by atoms with van der Waals surface area (Å²) in [5.41, 5.74) is -4.20. The van der Waals surface area contributed by atoms with Crippen LogP contribution in [0.2, 0.25) is 0 Å². The van der Waals surface area contributed by atoms with Gasteiger partial charge in [-0.05, 0) is 41.0 Å². The lowest BCUT2D eigenvalue weighted by Gasteiger charge is -2.35. The summed E-state index contributed by atoms with van der Waals surface area (Å²) in [6.45, 7) is 0. The van der Waals surface area contributed by atoms with E-state index in [1.807, 2.05) is 0 Å². The number of rotatable bonds is 4. The largest absolute Gasteiger partial charge is 0.416 e. The molecule has 0 bridgehead atoms. The van der Waals surface area contributed by atoms with Crippen molar-refractivity contribution in [2.75, 3.05) is 0 Å². The molecule has 2 nitrogen and oxygen atoms in total. The first-order chi connectivity index (χ1) is 13.9. The van der Waals surface area contributed by atoms with Crippen LogP contribution in [0.15, 0.2) is 78.9 Å². The number of hydrogen-bond donors (Lipinski definition) is 2. The van der Waals surface area contributed by atoms with E-state index in [0.717, 1.165) is 48.5 Å². The van der Waals surface area contributed by atoms with Crippen molar-refractivity contribution >= 4 is 0 Å². The first kappa shape index (κ1) is 21.9. The summed E-state index contributed by atoms with van der Waals surface area (Å²) in [7, 11) is 0. The molecular weight excluding hydrogens is 410 g/mol. The van der Waals surface area contributed by atoms with Gasteiger partial charge in [0.2, 0.25) is 0 Å². The van der Waals surface area contributed by atoms with E-state index in [4.69, 9.17) is 0 Å². The van der Waals surface area contributed by atoms with Crippen LogP contribution in [0.5, 0.6) is 0 Å². The van der Waals surface area contributed by atoms with E-state index >= 15 is 0 Å². The third-order valence-electron chi connectivity index (χ3n) is 4.82. The highest BCUT2D eigenvalue weighted by Gasteiger charge is 2.42. The summed E-state index contributed by atoms with van der Waals surface area (Å²) >= 11 is 0. The van der Waals surface area contributed by atoms with Crippen molar-refractivity contribution in [2.45, 2.75) is 24.1 Å². The normalized spacial score (nSPS) is 13.9. The molecule has 0 radical (unpaired) electrons. The smallest absolute Gasteiger partial charge is 0.385 e. The number of hydrogen-bond acceptors (Lipinski definition) is 2. The maximum Gasteiger partial charge on any atom is 0.416 e. The second-order valence-electron chi connectivity index (χ2n) is 6.73. The minimum absolute atomic E-state index is 0.105. The highest BCUT2D eigenvalue weighted by Crippen LogP contribution is 2.43. The molecule has 0 unspecified atom stereocenters. The minimum Gasteiger partial charge on any atom is -0.385 e. The monoisotopic (exact) mass is 426 g/mol. The average Bonchev–Trinajstić information content (AvgIpc) is 2.72. The van der Waals surface area contributed by atoms with Crippen molar-refractivity contribution < 1.29 is 36.6 Å². The van der Waals surface area contributed by atoms with E-state index in [0.29, 0.717) is 0 Å². The molecule has 0 aliphatic carbocycles. The fourth-order valence-electron chi connectivity index (χ4n) is 3.19. The van der Waals surface area contributed by atoms with Crippen molar-refractivity contribution in [1.29, 1.82) is 0 Å². The van der Waals surface area contributed by atoms with Gasteiger partial charge >= 0.3 is 12.4 Å². The van der Waals surface area contributed by atoms with Gasteiger partial charge < -0.3 is 10.2 Å². The number of aliphatic hydroxyl groups is 2. The molecular formula is C22H16F6O2. The average molecular weight is 426 g/mol.